The molecule has 0 saturated heterocycles. The van der Waals surface area contributed by atoms with Crippen LogP contribution in [0.25, 0.3) is 11.3 Å². The molecule has 0 unspecified atom stereocenters. The van der Waals surface area contributed by atoms with E-state index >= 15 is 0 Å². The van der Waals surface area contributed by atoms with Crippen LogP contribution in [0.3, 0.4) is 0 Å². The maximum atomic E-state index is 12.3. The number of phenolic OH excluding ortho intramolecular Hbond substituents is 1. The number of phenols is 1. The van der Waals surface area contributed by atoms with E-state index in [-0.39, 0.29) is 11.7 Å². The molecule has 0 bridgehead atoms. The summed E-state index contributed by atoms with van der Waals surface area (Å²) in [6.07, 6.45) is 0.630. The molecule has 1 amide bonds. The van der Waals surface area contributed by atoms with E-state index in [1.54, 1.807) is 37.4 Å². The van der Waals surface area contributed by atoms with Crippen molar-refractivity contribution >= 4 is 11.6 Å². The molecule has 27 heavy (non-hydrogen) atoms. The van der Waals surface area contributed by atoms with Crippen LogP contribution in [0.5, 0.6) is 11.5 Å². The lowest BCUT2D eigenvalue weighted by molar-refractivity contribution is 0.0950. The number of amides is 1. The van der Waals surface area contributed by atoms with E-state index in [1.807, 2.05) is 31.2 Å². The van der Waals surface area contributed by atoms with Gasteiger partial charge in [0.25, 0.3) is 5.91 Å². The topological polar surface area (TPSA) is 99.6 Å². The number of nitrogens with zero attached hydrogens (tertiary/aromatic N) is 2. The predicted octanol–water partition coefficient (Wildman–Crippen LogP) is 3.34. The zero-order valence-electron chi connectivity index (χ0n) is 15.1. The number of hydrogen-bond donors (Lipinski definition) is 3. The number of carbonyl (C=O) groups excluding carboxylic acids is 1. The summed E-state index contributed by atoms with van der Waals surface area (Å²) >= 11 is 0. The van der Waals surface area contributed by atoms with Crippen molar-refractivity contribution in [2.45, 2.75) is 13.3 Å². The molecule has 7 heteroatoms. The Kier molecular flexibility index (Phi) is 5.51. The highest BCUT2D eigenvalue weighted by Crippen LogP contribution is 2.21. The van der Waals surface area contributed by atoms with Gasteiger partial charge in [-0.2, -0.15) is 10.2 Å². The largest absolute Gasteiger partial charge is 0.508 e. The Hall–Kier alpha value is -3.61. The van der Waals surface area contributed by atoms with Gasteiger partial charge in [0, 0.05) is 5.56 Å². The molecule has 0 saturated carbocycles. The number of H-pyrrole nitrogens is 1. The van der Waals surface area contributed by atoms with Crippen LogP contribution in [-0.4, -0.2) is 34.0 Å². The fourth-order valence-corrected chi connectivity index (χ4v) is 2.53. The molecule has 138 valence electrons. The van der Waals surface area contributed by atoms with Crippen LogP contribution in [0, 0.1) is 0 Å². The second-order valence-electron chi connectivity index (χ2n) is 5.80. The van der Waals surface area contributed by atoms with Crippen molar-refractivity contribution in [2.75, 3.05) is 7.11 Å². The molecule has 0 aliphatic carbocycles. The van der Waals surface area contributed by atoms with Crippen molar-refractivity contribution in [1.82, 2.24) is 15.6 Å². The molecule has 3 aromatic rings. The third-order valence-corrected chi connectivity index (χ3v) is 4.04. The van der Waals surface area contributed by atoms with E-state index in [4.69, 9.17) is 4.74 Å². The van der Waals surface area contributed by atoms with Gasteiger partial charge >= 0.3 is 0 Å². The average molecular weight is 364 g/mol. The molecule has 3 N–H and O–H groups in total. The number of methoxy groups -OCH3 is 1. The molecule has 1 aromatic heterocycles. The normalized spacial score (nSPS) is 11.3. The van der Waals surface area contributed by atoms with Crippen molar-refractivity contribution in [1.29, 1.82) is 0 Å². The molecule has 0 fully saturated rings. The second-order valence-corrected chi connectivity index (χ2v) is 5.80. The lowest BCUT2D eigenvalue weighted by atomic mass is 10.1. The van der Waals surface area contributed by atoms with Gasteiger partial charge in [-0.3, -0.25) is 9.89 Å². The molecule has 0 radical (unpaired) electrons. The minimum Gasteiger partial charge on any atom is -0.508 e. The monoisotopic (exact) mass is 364 g/mol. The summed E-state index contributed by atoms with van der Waals surface area (Å²) in [5.74, 6) is 0.552. The summed E-state index contributed by atoms with van der Waals surface area (Å²) in [4.78, 5) is 12.3. The lowest BCUT2D eigenvalue weighted by Gasteiger charge is -2.04. The van der Waals surface area contributed by atoms with Crippen molar-refractivity contribution in [3.8, 4) is 22.8 Å². The van der Waals surface area contributed by atoms with E-state index in [1.165, 1.54) is 0 Å². The van der Waals surface area contributed by atoms with Gasteiger partial charge in [-0.25, -0.2) is 5.43 Å². The number of benzene rings is 2. The van der Waals surface area contributed by atoms with Gasteiger partial charge in [0.15, 0.2) is 0 Å². The van der Waals surface area contributed by atoms with Crippen molar-refractivity contribution in [3.63, 3.8) is 0 Å². The Labute approximate surface area is 156 Å². The molecule has 1 heterocycles. The van der Waals surface area contributed by atoms with Gasteiger partial charge in [-0.15, -0.1) is 0 Å². The third kappa shape index (κ3) is 4.33. The maximum absolute atomic E-state index is 12.3. The quantitative estimate of drug-likeness (QED) is 0.461. The van der Waals surface area contributed by atoms with Gasteiger partial charge in [-0.05, 0) is 66.6 Å². The van der Waals surface area contributed by atoms with Crippen molar-refractivity contribution < 1.29 is 14.6 Å². The maximum Gasteiger partial charge on any atom is 0.289 e. The lowest BCUT2D eigenvalue weighted by Crippen LogP contribution is -2.20. The number of carbonyl (C=O) groups is 1. The van der Waals surface area contributed by atoms with Crippen LogP contribution in [0.15, 0.2) is 59.7 Å². The van der Waals surface area contributed by atoms with Crippen molar-refractivity contribution in [2.24, 2.45) is 5.10 Å². The molecule has 0 aliphatic heterocycles. The number of rotatable bonds is 6. The van der Waals surface area contributed by atoms with Gasteiger partial charge in [0.05, 0.1) is 18.5 Å². The average Bonchev–Trinajstić information content (AvgIpc) is 3.20. The molecule has 0 spiro atoms. The minimum atomic E-state index is -0.382. The summed E-state index contributed by atoms with van der Waals surface area (Å²) in [5, 5.41) is 20.5. The third-order valence-electron chi connectivity index (χ3n) is 4.04. The molecular weight excluding hydrogens is 344 g/mol. The smallest absolute Gasteiger partial charge is 0.289 e. The van der Waals surface area contributed by atoms with Gasteiger partial charge in [0.2, 0.25) is 0 Å². The van der Waals surface area contributed by atoms with Crippen molar-refractivity contribution in [3.05, 3.63) is 65.9 Å². The summed E-state index contributed by atoms with van der Waals surface area (Å²) < 4.78 is 5.14. The number of ether oxygens (including phenoxy) is 1. The summed E-state index contributed by atoms with van der Waals surface area (Å²) in [6, 6.07) is 15.7. The van der Waals surface area contributed by atoms with Crippen LogP contribution >= 0.6 is 0 Å². The van der Waals surface area contributed by atoms with Crippen LogP contribution in [-0.2, 0) is 0 Å². The van der Waals surface area contributed by atoms with Crippen LogP contribution < -0.4 is 10.2 Å². The zero-order valence-corrected chi connectivity index (χ0v) is 15.1. The highest BCUT2D eigenvalue weighted by atomic mass is 16.5. The first-order valence-electron chi connectivity index (χ1n) is 8.47. The van der Waals surface area contributed by atoms with Crippen LogP contribution in [0.1, 0.15) is 29.4 Å². The Balaban J connectivity index is 1.72. The van der Waals surface area contributed by atoms with Gasteiger partial charge in [-0.1, -0.05) is 6.92 Å². The summed E-state index contributed by atoms with van der Waals surface area (Å²) in [7, 11) is 1.61. The summed E-state index contributed by atoms with van der Waals surface area (Å²) in [6.45, 7) is 1.94. The number of hydrogen-bond acceptors (Lipinski definition) is 5. The van der Waals surface area contributed by atoms with Gasteiger partial charge < -0.3 is 9.84 Å². The fourth-order valence-electron chi connectivity index (χ4n) is 2.53. The first-order chi connectivity index (χ1) is 13.1. The molecule has 0 aliphatic rings. The van der Waals surface area contributed by atoms with Gasteiger partial charge in [0.1, 0.15) is 17.2 Å². The SMILES string of the molecule is CC/C(=N/NC(=O)c1cc(-c2ccc(OC)cc2)n[nH]1)c1ccc(O)cc1. The second kappa shape index (κ2) is 8.18. The number of hydrazone groups is 1. The van der Waals surface area contributed by atoms with Crippen LogP contribution in [0.4, 0.5) is 0 Å². The van der Waals surface area contributed by atoms with E-state index in [2.05, 4.69) is 20.7 Å². The Bertz CT molecular complexity index is 944. The Morgan fingerprint density at radius 1 is 1.19 bits per heavy atom. The van der Waals surface area contributed by atoms with Crippen LogP contribution in [0.2, 0.25) is 0 Å². The zero-order chi connectivity index (χ0) is 19.2. The summed E-state index contributed by atoms with van der Waals surface area (Å²) in [5.41, 5.74) is 5.91. The standard InChI is InChI=1S/C20H20N4O3/c1-3-17(13-4-8-15(25)9-5-13)21-24-20(26)19-12-18(22-23-19)14-6-10-16(27-2)11-7-14/h4-12,25H,3H2,1-2H3,(H,22,23)(H,24,26)/b21-17-. The molecule has 0 atom stereocenters. The molecule has 3 rings (SSSR count). The Morgan fingerprint density at radius 2 is 1.89 bits per heavy atom. The highest BCUT2D eigenvalue weighted by molar-refractivity contribution is 6.02. The highest BCUT2D eigenvalue weighted by Gasteiger charge is 2.11. The van der Waals surface area contributed by atoms with E-state index < -0.39 is 0 Å². The number of aromatic amines is 1. The Morgan fingerprint density at radius 3 is 2.52 bits per heavy atom. The molecule has 2 aromatic carbocycles. The first kappa shape index (κ1) is 18.2. The number of aromatic nitrogens is 2. The minimum absolute atomic E-state index is 0.182. The predicted molar refractivity (Wildman–Crippen MR) is 103 cm³/mol. The first-order valence-corrected chi connectivity index (χ1v) is 8.47. The number of aromatic hydroxyl groups is 1. The van der Waals surface area contributed by atoms with E-state index in [0.29, 0.717) is 23.5 Å². The fraction of sp³-hybridized carbons (Fsp3) is 0.150. The van der Waals surface area contributed by atoms with E-state index in [9.17, 15) is 9.90 Å². The molecule has 7 nitrogen and oxygen atoms in total. The number of nitrogens with one attached hydrogen (secondary N) is 2. The molecular formula is C20H20N4O3. The van der Waals surface area contributed by atoms with E-state index in [0.717, 1.165) is 16.9 Å².